The number of nitrogens with one attached hydrogen (secondary N) is 2. The predicted octanol–water partition coefficient (Wildman–Crippen LogP) is 2.30. The van der Waals surface area contributed by atoms with Crippen LogP contribution in [0.15, 0.2) is 30.3 Å². The second-order valence-electron chi connectivity index (χ2n) is 5.34. The Kier molecular flexibility index (Phi) is 8.35. The summed E-state index contributed by atoms with van der Waals surface area (Å²) >= 11 is 0. The highest BCUT2D eigenvalue weighted by Gasteiger charge is 2.16. The van der Waals surface area contributed by atoms with E-state index in [4.69, 9.17) is 4.74 Å². The molecule has 0 saturated carbocycles. The van der Waals surface area contributed by atoms with Crippen LogP contribution in [0.4, 0.5) is 0 Å². The van der Waals surface area contributed by atoms with Crippen LogP contribution < -0.4 is 10.6 Å². The number of methoxy groups -OCH3 is 1. The van der Waals surface area contributed by atoms with Crippen LogP contribution in [0.25, 0.3) is 0 Å². The molecule has 1 aromatic rings. The molecule has 4 nitrogen and oxygen atoms in total. The summed E-state index contributed by atoms with van der Waals surface area (Å²) in [5.74, 6) is 0.781. The van der Waals surface area contributed by atoms with Crippen molar-refractivity contribution in [3.63, 3.8) is 0 Å². The molecule has 21 heavy (non-hydrogen) atoms. The Balaban J connectivity index is 0.00000220. The van der Waals surface area contributed by atoms with Crippen molar-refractivity contribution >= 4 is 18.3 Å². The molecule has 5 heteroatoms. The van der Waals surface area contributed by atoms with Gasteiger partial charge in [-0.25, -0.2) is 0 Å². The van der Waals surface area contributed by atoms with Crippen molar-refractivity contribution in [1.29, 1.82) is 0 Å². The molecule has 1 aliphatic rings. The summed E-state index contributed by atoms with van der Waals surface area (Å²) in [4.78, 5) is 11.9. The molecular formula is C16H25ClN2O2. The number of hydrogen-bond donors (Lipinski definition) is 2. The van der Waals surface area contributed by atoms with Crippen LogP contribution in [0, 0.1) is 5.92 Å². The number of benzene rings is 1. The Morgan fingerprint density at radius 3 is 2.81 bits per heavy atom. The molecule has 2 unspecified atom stereocenters. The average Bonchev–Trinajstić information content (AvgIpc) is 3.00. The Bertz CT molecular complexity index is 408. The van der Waals surface area contributed by atoms with Crippen LogP contribution >= 0.6 is 12.4 Å². The van der Waals surface area contributed by atoms with E-state index in [-0.39, 0.29) is 24.4 Å². The van der Waals surface area contributed by atoms with Crippen molar-refractivity contribution in [1.82, 2.24) is 10.6 Å². The lowest BCUT2D eigenvalue weighted by Gasteiger charge is -2.17. The first-order valence-electron chi connectivity index (χ1n) is 7.34. The van der Waals surface area contributed by atoms with E-state index in [0.29, 0.717) is 18.9 Å². The van der Waals surface area contributed by atoms with Gasteiger partial charge in [0.2, 0.25) is 5.91 Å². The minimum Gasteiger partial charge on any atom is -0.375 e. The number of rotatable bonds is 7. The molecule has 1 aliphatic heterocycles. The Hall–Kier alpha value is -1.10. The van der Waals surface area contributed by atoms with Gasteiger partial charge in [-0.05, 0) is 37.4 Å². The maximum absolute atomic E-state index is 11.9. The summed E-state index contributed by atoms with van der Waals surface area (Å²) in [6, 6.07) is 9.98. The molecule has 0 aromatic heterocycles. The van der Waals surface area contributed by atoms with Gasteiger partial charge in [-0.3, -0.25) is 4.79 Å². The fourth-order valence-corrected chi connectivity index (χ4v) is 2.60. The number of ether oxygens (including phenoxy) is 1. The van der Waals surface area contributed by atoms with Crippen molar-refractivity contribution in [2.45, 2.75) is 25.4 Å². The monoisotopic (exact) mass is 312 g/mol. The minimum absolute atomic E-state index is 0. The number of amides is 1. The lowest BCUT2D eigenvalue weighted by Crippen LogP contribution is -2.29. The molecule has 2 atom stereocenters. The fraction of sp³-hybridized carbons (Fsp3) is 0.562. The third-order valence-corrected chi connectivity index (χ3v) is 3.88. The number of carbonyl (C=O) groups is 1. The van der Waals surface area contributed by atoms with E-state index in [1.54, 1.807) is 7.11 Å². The molecule has 1 heterocycles. The number of carbonyl (C=O) groups excluding carboxylic acids is 1. The van der Waals surface area contributed by atoms with Crippen LogP contribution in [0.5, 0.6) is 0 Å². The van der Waals surface area contributed by atoms with Gasteiger partial charge in [0.05, 0.1) is 6.10 Å². The lowest BCUT2D eigenvalue weighted by atomic mass is 10.0. The molecule has 2 rings (SSSR count). The van der Waals surface area contributed by atoms with Crippen molar-refractivity contribution < 1.29 is 9.53 Å². The summed E-state index contributed by atoms with van der Waals surface area (Å²) < 4.78 is 5.44. The smallest absolute Gasteiger partial charge is 0.220 e. The van der Waals surface area contributed by atoms with E-state index < -0.39 is 0 Å². The SMILES string of the molecule is COC(CNC(=O)CCC1CCNC1)c1ccccc1.Cl. The predicted molar refractivity (Wildman–Crippen MR) is 86.7 cm³/mol. The lowest BCUT2D eigenvalue weighted by molar-refractivity contribution is -0.121. The van der Waals surface area contributed by atoms with Gasteiger partial charge in [0.25, 0.3) is 0 Å². The van der Waals surface area contributed by atoms with Crippen LogP contribution in [0.2, 0.25) is 0 Å². The number of hydrogen-bond acceptors (Lipinski definition) is 3. The van der Waals surface area contributed by atoms with E-state index in [1.807, 2.05) is 30.3 Å². The van der Waals surface area contributed by atoms with Gasteiger partial charge in [0, 0.05) is 20.1 Å². The third-order valence-electron chi connectivity index (χ3n) is 3.88. The average molecular weight is 313 g/mol. The van der Waals surface area contributed by atoms with E-state index in [9.17, 15) is 4.79 Å². The highest BCUT2D eigenvalue weighted by atomic mass is 35.5. The molecule has 1 aromatic carbocycles. The molecule has 0 radical (unpaired) electrons. The standard InChI is InChI=1S/C16H24N2O2.ClH/c1-20-15(14-5-3-2-4-6-14)12-18-16(19)8-7-13-9-10-17-11-13;/h2-6,13,15,17H,7-12H2,1H3,(H,18,19);1H. The molecule has 1 amide bonds. The van der Waals surface area contributed by atoms with Crippen molar-refractivity contribution in [3.05, 3.63) is 35.9 Å². The highest BCUT2D eigenvalue weighted by Crippen LogP contribution is 2.16. The van der Waals surface area contributed by atoms with Crippen LogP contribution in [-0.4, -0.2) is 32.7 Å². The first kappa shape index (κ1) is 18.0. The second kappa shape index (κ2) is 9.77. The number of halogens is 1. The second-order valence-corrected chi connectivity index (χ2v) is 5.34. The maximum Gasteiger partial charge on any atom is 0.220 e. The normalized spacial score (nSPS) is 18.8. The van der Waals surface area contributed by atoms with E-state index in [1.165, 1.54) is 6.42 Å². The summed E-state index contributed by atoms with van der Waals surface area (Å²) in [6.07, 6.45) is 2.70. The highest BCUT2D eigenvalue weighted by molar-refractivity contribution is 5.85. The van der Waals surface area contributed by atoms with E-state index in [0.717, 1.165) is 25.1 Å². The third kappa shape index (κ3) is 6.04. The molecule has 1 saturated heterocycles. The molecule has 2 N–H and O–H groups in total. The van der Waals surface area contributed by atoms with Crippen LogP contribution in [0.3, 0.4) is 0 Å². The molecule has 118 valence electrons. The van der Waals surface area contributed by atoms with Gasteiger partial charge in [-0.2, -0.15) is 0 Å². The van der Waals surface area contributed by atoms with Gasteiger partial charge in [0.15, 0.2) is 0 Å². The Morgan fingerprint density at radius 2 is 2.19 bits per heavy atom. The zero-order valence-electron chi connectivity index (χ0n) is 12.5. The summed E-state index contributed by atoms with van der Waals surface area (Å²) in [5.41, 5.74) is 1.09. The first-order chi connectivity index (χ1) is 9.79. The Labute approximate surface area is 133 Å². The first-order valence-corrected chi connectivity index (χ1v) is 7.34. The molecule has 0 aliphatic carbocycles. The Morgan fingerprint density at radius 1 is 1.43 bits per heavy atom. The van der Waals surface area contributed by atoms with Crippen LogP contribution in [-0.2, 0) is 9.53 Å². The topological polar surface area (TPSA) is 50.4 Å². The van der Waals surface area contributed by atoms with E-state index >= 15 is 0 Å². The van der Waals surface area contributed by atoms with Gasteiger partial charge in [0.1, 0.15) is 0 Å². The molecule has 0 bridgehead atoms. The van der Waals surface area contributed by atoms with Gasteiger partial charge in [-0.1, -0.05) is 30.3 Å². The van der Waals surface area contributed by atoms with Gasteiger partial charge >= 0.3 is 0 Å². The van der Waals surface area contributed by atoms with Crippen molar-refractivity contribution in [2.24, 2.45) is 5.92 Å². The van der Waals surface area contributed by atoms with E-state index in [2.05, 4.69) is 10.6 Å². The largest absolute Gasteiger partial charge is 0.375 e. The summed E-state index contributed by atoms with van der Waals surface area (Å²) in [6.45, 7) is 2.67. The van der Waals surface area contributed by atoms with Gasteiger partial charge < -0.3 is 15.4 Å². The fourth-order valence-electron chi connectivity index (χ4n) is 2.60. The van der Waals surface area contributed by atoms with Crippen molar-refractivity contribution in [2.75, 3.05) is 26.7 Å². The van der Waals surface area contributed by atoms with Crippen molar-refractivity contribution in [3.8, 4) is 0 Å². The molecular weight excluding hydrogens is 288 g/mol. The van der Waals surface area contributed by atoms with Crippen LogP contribution in [0.1, 0.15) is 30.9 Å². The quantitative estimate of drug-likeness (QED) is 0.812. The minimum atomic E-state index is -0.0757. The zero-order valence-corrected chi connectivity index (χ0v) is 13.3. The molecule has 1 fully saturated rings. The zero-order chi connectivity index (χ0) is 14.2. The summed E-state index contributed by atoms with van der Waals surface area (Å²) in [5, 5.41) is 6.30. The van der Waals surface area contributed by atoms with Gasteiger partial charge in [-0.15, -0.1) is 12.4 Å². The molecule has 0 spiro atoms. The maximum atomic E-state index is 11.9. The summed E-state index contributed by atoms with van der Waals surface area (Å²) in [7, 11) is 1.67.